The summed E-state index contributed by atoms with van der Waals surface area (Å²) < 4.78 is 2.19. The maximum atomic E-state index is 12.2. The Kier molecular flexibility index (Phi) is 4.83. The normalized spacial score (nSPS) is 18.3. The van der Waals surface area contributed by atoms with Gasteiger partial charge in [0, 0.05) is 32.9 Å². The van der Waals surface area contributed by atoms with E-state index < -0.39 is 29.2 Å². The van der Waals surface area contributed by atoms with E-state index in [0.29, 0.717) is 13.0 Å². The second-order valence-corrected chi connectivity index (χ2v) is 5.56. The predicted molar refractivity (Wildman–Crippen MR) is 82.9 cm³/mol. The van der Waals surface area contributed by atoms with Crippen LogP contribution >= 0.6 is 0 Å². The van der Waals surface area contributed by atoms with Gasteiger partial charge in [-0.3, -0.25) is 14.2 Å². The van der Waals surface area contributed by atoms with Crippen molar-refractivity contribution in [2.75, 3.05) is 6.54 Å². The molecular formula is C15H19N3O5. The number of carboxylic acid groups (broad SMARTS) is 1. The van der Waals surface area contributed by atoms with Crippen molar-refractivity contribution in [2.24, 2.45) is 14.1 Å². The molecule has 1 aromatic rings. The molecule has 8 heteroatoms. The lowest BCUT2D eigenvalue weighted by atomic mass is 10.0. The number of aliphatic carboxylic acids is 1. The smallest absolute Gasteiger partial charge is 0.330 e. The first kappa shape index (κ1) is 16.7. The van der Waals surface area contributed by atoms with Gasteiger partial charge in [0.15, 0.2) is 0 Å². The Morgan fingerprint density at radius 1 is 1.26 bits per heavy atom. The fourth-order valence-corrected chi connectivity index (χ4v) is 2.66. The van der Waals surface area contributed by atoms with Gasteiger partial charge in [-0.2, -0.15) is 0 Å². The average Bonchev–Trinajstić information content (AvgIpc) is 2.54. The molecule has 0 aromatic carbocycles. The SMILES string of the molecule is Cn1cc(C=CC(=O)N2CCCCC2C(=O)O)c(=O)n(C)c1=O. The zero-order chi connectivity index (χ0) is 17.1. The molecule has 124 valence electrons. The van der Waals surface area contributed by atoms with Crippen molar-refractivity contribution < 1.29 is 14.7 Å². The molecule has 2 rings (SSSR count). The highest BCUT2D eigenvalue weighted by Gasteiger charge is 2.30. The lowest BCUT2D eigenvalue weighted by molar-refractivity contribution is -0.150. The molecule has 0 saturated carbocycles. The molecule has 1 aromatic heterocycles. The van der Waals surface area contributed by atoms with E-state index >= 15 is 0 Å². The third-order valence-electron chi connectivity index (χ3n) is 3.95. The number of hydrogen-bond donors (Lipinski definition) is 1. The number of carbonyl (C=O) groups excluding carboxylic acids is 1. The molecule has 0 bridgehead atoms. The molecule has 0 radical (unpaired) electrons. The Balaban J connectivity index is 2.26. The lowest BCUT2D eigenvalue weighted by Gasteiger charge is -2.32. The van der Waals surface area contributed by atoms with Gasteiger partial charge in [-0.25, -0.2) is 9.59 Å². The summed E-state index contributed by atoms with van der Waals surface area (Å²) in [5.74, 6) is -1.47. The standard InChI is InChI=1S/C15H19N3O5/c1-16-9-10(13(20)17(2)15(16)23)6-7-12(19)18-8-4-3-5-11(18)14(21)22/h6-7,9,11H,3-5,8H2,1-2H3,(H,21,22). The topological polar surface area (TPSA) is 102 Å². The molecule has 1 saturated heterocycles. The Morgan fingerprint density at radius 2 is 1.96 bits per heavy atom. The highest BCUT2D eigenvalue weighted by Crippen LogP contribution is 2.17. The summed E-state index contributed by atoms with van der Waals surface area (Å²) in [4.78, 5) is 48.3. The molecule has 1 atom stereocenters. The number of carbonyl (C=O) groups is 2. The second kappa shape index (κ2) is 6.64. The second-order valence-electron chi connectivity index (χ2n) is 5.56. The van der Waals surface area contributed by atoms with Crippen molar-refractivity contribution in [3.8, 4) is 0 Å². The first-order valence-corrected chi connectivity index (χ1v) is 7.31. The number of likely N-dealkylation sites (tertiary alicyclic amines) is 1. The first-order chi connectivity index (χ1) is 10.8. The van der Waals surface area contributed by atoms with Crippen molar-refractivity contribution in [1.82, 2.24) is 14.0 Å². The molecule has 2 heterocycles. The number of nitrogens with zero attached hydrogens (tertiary/aromatic N) is 3. The van der Waals surface area contributed by atoms with Gasteiger partial charge < -0.3 is 14.6 Å². The Labute approximate surface area is 132 Å². The molecule has 1 aliphatic heterocycles. The molecular weight excluding hydrogens is 302 g/mol. The third-order valence-corrected chi connectivity index (χ3v) is 3.95. The summed E-state index contributed by atoms with van der Waals surface area (Å²) in [5.41, 5.74) is -0.780. The Hall–Kier alpha value is -2.64. The predicted octanol–water partition coefficient (Wildman–Crippen LogP) is -0.437. The lowest BCUT2D eigenvalue weighted by Crippen LogP contribution is -2.47. The number of rotatable bonds is 3. The Bertz CT molecular complexity index is 774. The van der Waals surface area contributed by atoms with Gasteiger partial charge in [0.2, 0.25) is 5.91 Å². The summed E-state index contributed by atoms with van der Waals surface area (Å²) in [6.07, 6.45) is 5.80. The maximum Gasteiger partial charge on any atom is 0.330 e. The minimum Gasteiger partial charge on any atom is -0.480 e. The summed E-state index contributed by atoms with van der Waals surface area (Å²) in [6, 6.07) is -0.830. The summed E-state index contributed by atoms with van der Waals surface area (Å²) in [5, 5.41) is 9.18. The van der Waals surface area contributed by atoms with Crippen LogP contribution in [0.1, 0.15) is 24.8 Å². The van der Waals surface area contributed by atoms with Gasteiger partial charge >= 0.3 is 11.7 Å². The largest absolute Gasteiger partial charge is 0.480 e. The van der Waals surface area contributed by atoms with Gasteiger partial charge in [-0.05, 0) is 25.3 Å². The molecule has 1 aliphatic rings. The van der Waals surface area contributed by atoms with Crippen molar-refractivity contribution in [2.45, 2.75) is 25.3 Å². The van der Waals surface area contributed by atoms with Crippen LogP contribution in [0.4, 0.5) is 0 Å². The highest BCUT2D eigenvalue weighted by molar-refractivity contribution is 5.94. The molecule has 1 unspecified atom stereocenters. The van der Waals surface area contributed by atoms with E-state index in [0.717, 1.165) is 17.4 Å². The van der Waals surface area contributed by atoms with E-state index in [1.54, 1.807) is 0 Å². The van der Waals surface area contributed by atoms with Crippen LogP contribution in [-0.2, 0) is 23.7 Å². The summed E-state index contributed by atoms with van der Waals surface area (Å²) in [7, 11) is 2.86. The monoisotopic (exact) mass is 321 g/mol. The van der Waals surface area contributed by atoms with Crippen molar-refractivity contribution in [3.05, 3.63) is 38.7 Å². The van der Waals surface area contributed by atoms with E-state index in [-0.39, 0.29) is 5.56 Å². The number of aryl methyl sites for hydroxylation is 1. The van der Waals surface area contributed by atoms with Crippen LogP contribution in [0.2, 0.25) is 0 Å². The fraction of sp³-hybridized carbons (Fsp3) is 0.467. The number of piperidine rings is 1. The zero-order valence-electron chi connectivity index (χ0n) is 13.1. The molecule has 1 N–H and O–H groups in total. The quantitative estimate of drug-likeness (QED) is 0.761. The number of hydrogen-bond acceptors (Lipinski definition) is 4. The van der Waals surface area contributed by atoms with Crippen molar-refractivity contribution >= 4 is 18.0 Å². The molecule has 23 heavy (non-hydrogen) atoms. The van der Waals surface area contributed by atoms with E-state index in [4.69, 9.17) is 0 Å². The average molecular weight is 321 g/mol. The van der Waals surface area contributed by atoms with Crippen LogP contribution in [0, 0.1) is 0 Å². The molecule has 0 spiro atoms. The van der Waals surface area contributed by atoms with Crippen LogP contribution < -0.4 is 11.2 Å². The number of carboxylic acids is 1. The van der Waals surface area contributed by atoms with Crippen molar-refractivity contribution in [1.29, 1.82) is 0 Å². The summed E-state index contributed by atoms with van der Waals surface area (Å²) in [6.45, 7) is 0.380. The van der Waals surface area contributed by atoms with Gasteiger partial charge in [0.05, 0.1) is 5.56 Å². The molecule has 8 nitrogen and oxygen atoms in total. The van der Waals surface area contributed by atoms with Crippen LogP contribution in [0.5, 0.6) is 0 Å². The van der Waals surface area contributed by atoms with Gasteiger partial charge in [-0.1, -0.05) is 0 Å². The van der Waals surface area contributed by atoms with E-state index in [1.807, 2.05) is 0 Å². The van der Waals surface area contributed by atoms with E-state index in [1.165, 1.54) is 41.9 Å². The molecule has 1 fully saturated rings. The van der Waals surface area contributed by atoms with Crippen LogP contribution in [-0.4, -0.2) is 43.6 Å². The highest BCUT2D eigenvalue weighted by atomic mass is 16.4. The minimum absolute atomic E-state index is 0.187. The summed E-state index contributed by atoms with van der Waals surface area (Å²) >= 11 is 0. The molecule has 0 aliphatic carbocycles. The van der Waals surface area contributed by atoms with Gasteiger partial charge in [0.1, 0.15) is 6.04 Å². The maximum absolute atomic E-state index is 12.2. The van der Waals surface area contributed by atoms with Crippen LogP contribution in [0.3, 0.4) is 0 Å². The Morgan fingerprint density at radius 3 is 2.61 bits per heavy atom. The number of aromatic nitrogens is 2. The van der Waals surface area contributed by atoms with Crippen LogP contribution in [0.15, 0.2) is 21.9 Å². The van der Waals surface area contributed by atoms with Gasteiger partial charge in [-0.15, -0.1) is 0 Å². The van der Waals surface area contributed by atoms with E-state index in [2.05, 4.69) is 0 Å². The molecule has 1 amide bonds. The number of amides is 1. The third kappa shape index (κ3) is 3.41. The minimum atomic E-state index is -1.02. The van der Waals surface area contributed by atoms with Crippen LogP contribution in [0.25, 0.3) is 6.08 Å². The van der Waals surface area contributed by atoms with Crippen molar-refractivity contribution in [3.63, 3.8) is 0 Å². The van der Waals surface area contributed by atoms with E-state index in [9.17, 15) is 24.3 Å². The first-order valence-electron chi connectivity index (χ1n) is 7.31. The fourth-order valence-electron chi connectivity index (χ4n) is 2.66. The van der Waals surface area contributed by atoms with Gasteiger partial charge in [0.25, 0.3) is 5.56 Å². The zero-order valence-corrected chi connectivity index (χ0v) is 13.1.